The lowest BCUT2D eigenvalue weighted by atomic mass is 10.0. The molecule has 0 bridgehead atoms. The first-order chi connectivity index (χ1) is 11.9. The number of hydrogen-bond acceptors (Lipinski definition) is 4. The fourth-order valence-electron chi connectivity index (χ4n) is 2.45. The Morgan fingerprint density at radius 3 is 2.32 bits per heavy atom. The number of hydrogen-bond donors (Lipinski definition) is 1. The number of imide groups is 2. The Kier molecular flexibility index (Phi) is 4.76. The van der Waals surface area contributed by atoms with Crippen LogP contribution in [-0.2, 0) is 9.59 Å². The Hall–Kier alpha value is -2.42. The molecule has 1 fully saturated rings. The van der Waals surface area contributed by atoms with Crippen LogP contribution in [0.5, 0.6) is 0 Å². The SMILES string of the molecule is CC(C)c1ccc(N2C(=O)NC(=O)/C(=C/c3ccc(I)o3)C2=O)cc1. The van der Waals surface area contributed by atoms with Gasteiger partial charge in [-0.1, -0.05) is 26.0 Å². The van der Waals surface area contributed by atoms with Crippen molar-refractivity contribution < 1.29 is 18.8 Å². The molecule has 1 saturated heterocycles. The minimum absolute atomic E-state index is 0.154. The summed E-state index contributed by atoms with van der Waals surface area (Å²) in [6.07, 6.45) is 1.34. The van der Waals surface area contributed by atoms with Gasteiger partial charge in [0.2, 0.25) is 0 Å². The molecule has 6 nitrogen and oxygen atoms in total. The van der Waals surface area contributed by atoms with E-state index in [0.29, 0.717) is 21.1 Å². The van der Waals surface area contributed by atoms with Crippen molar-refractivity contribution >= 4 is 52.2 Å². The summed E-state index contributed by atoms with van der Waals surface area (Å²) in [6, 6.07) is 9.69. The van der Waals surface area contributed by atoms with Crippen molar-refractivity contribution in [2.45, 2.75) is 19.8 Å². The van der Waals surface area contributed by atoms with Crippen molar-refractivity contribution in [3.05, 3.63) is 57.1 Å². The highest BCUT2D eigenvalue weighted by molar-refractivity contribution is 14.1. The molecular formula is C18H15IN2O4. The number of nitrogens with one attached hydrogen (secondary N) is 1. The summed E-state index contributed by atoms with van der Waals surface area (Å²) < 4.78 is 6.00. The minimum atomic E-state index is -0.765. The number of urea groups is 1. The Morgan fingerprint density at radius 2 is 1.76 bits per heavy atom. The van der Waals surface area contributed by atoms with Gasteiger partial charge in [-0.15, -0.1) is 0 Å². The van der Waals surface area contributed by atoms with Crippen LogP contribution in [0.4, 0.5) is 10.5 Å². The molecule has 1 aromatic heterocycles. The molecule has 3 rings (SSSR count). The highest BCUT2D eigenvalue weighted by Crippen LogP contribution is 2.24. The maximum atomic E-state index is 12.7. The third kappa shape index (κ3) is 3.51. The standard InChI is InChI=1S/C18H15IN2O4/c1-10(2)11-3-5-12(6-4-11)21-17(23)14(16(22)20-18(21)24)9-13-7-8-15(19)25-13/h3-10H,1-2H3,(H,20,22,24)/b14-9-. The maximum Gasteiger partial charge on any atom is 0.335 e. The van der Waals surface area contributed by atoms with Crippen molar-refractivity contribution in [3.63, 3.8) is 0 Å². The van der Waals surface area contributed by atoms with Gasteiger partial charge in [-0.05, 0) is 64.4 Å². The van der Waals surface area contributed by atoms with E-state index in [4.69, 9.17) is 4.42 Å². The van der Waals surface area contributed by atoms with Gasteiger partial charge in [0.1, 0.15) is 11.3 Å². The highest BCUT2D eigenvalue weighted by atomic mass is 127. The molecule has 4 amide bonds. The predicted molar refractivity (Wildman–Crippen MR) is 101 cm³/mol. The van der Waals surface area contributed by atoms with Crippen molar-refractivity contribution in [2.75, 3.05) is 4.90 Å². The van der Waals surface area contributed by atoms with Gasteiger partial charge < -0.3 is 4.42 Å². The molecule has 0 spiro atoms. The number of anilines is 1. The van der Waals surface area contributed by atoms with E-state index in [1.807, 2.05) is 34.7 Å². The van der Waals surface area contributed by atoms with E-state index in [-0.39, 0.29) is 5.57 Å². The summed E-state index contributed by atoms with van der Waals surface area (Å²) in [4.78, 5) is 37.9. The molecule has 1 aromatic carbocycles. The Morgan fingerprint density at radius 1 is 1.08 bits per heavy atom. The van der Waals surface area contributed by atoms with Crippen LogP contribution in [0.1, 0.15) is 31.1 Å². The van der Waals surface area contributed by atoms with E-state index in [1.54, 1.807) is 24.3 Å². The third-order valence-electron chi connectivity index (χ3n) is 3.80. The van der Waals surface area contributed by atoms with Crippen molar-refractivity contribution in [2.24, 2.45) is 0 Å². The number of carbonyl (C=O) groups is 3. The predicted octanol–water partition coefficient (Wildman–Crippen LogP) is 3.67. The largest absolute Gasteiger partial charge is 0.451 e. The van der Waals surface area contributed by atoms with E-state index in [1.165, 1.54) is 6.08 Å². The van der Waals surface area contributed by atoms with Crippen LogP contribution in [-0.4, -0.2) is 17.8 Å². The first kappa shape index (κ1) is 17.4. The summed E-state index contributed by atoms with van der Waals surface area (Å²) in [7, 11) is 0. The Bertz CT molecular complexity index is 881. The van der Waals surface area contributed by atoms with Crippen LogP contribution < -0.4 is 10.2 Å². The minimum Gasteiger partial charge on any atom is -0.451 e. The Labute approximate surface area is 158 Å². The molecule has 128 valence electrons. The molecule has 0 atom stereocenters. The fraction of sp³-hybridized carbons (Fsp3) is 0.167. The van der Waals surface area contributed by atoms with Crippen molar-refractivity contribution in [3.8, 4) is 0 Å². The fourth-order valence-corrected chi connectivity index (χ4v) is 2.88. The lowest BCUT2D eigenvalue weighted by Crippen LogP contribution is -2.54. The number of halogens is 1. The third-order valence-corrected chi connectivity index (χ3v) is 4.38. The zero-order valence-corrected chi connectivity index (χ0v) is 15.7. The molecule has 2 aromatic rings. The molecule has 1 aliphatic rings. The Balaban J connectivity index is 1.96. The maximum absolute atomic E-state index is 12.7. The van der Waals surface area contributed by atoms with E-state index < -0.39 is 17.8 Å². The van der Waals surface area contributed by atoms with Gasteiger partial charge in [0.25, 0.3) is 11.8 Å². The van der Waals surface area contributed by atoms with E-state index in [0.717, 1.165) is 10.5 Å². The number of rotatable bonds is 3. The van der Waals surface area contributed by atoms with Crippen LogP contribution in [0.15, 0.2) is 46.4 Å². The smallest absolute Gasteiger partial charge is 0.335 e. The second kappa shape index (κ2) is 6.83. The summed E-state index contributed by atoms with van der Waals surface area (Å²) >= 11 is 1.98. The molecular weight excluding hydrogens is 435 g/mol. The molecule has 0 aliphatic carbocycles. The van der Waals surface area contributed by atoms with E-state index in [9.17, 15) is 14.4 Å². The first-order valence-electron chi connectivity index (χ1n) is 7.63. The van der Waals surface area contributed by atoms with Gasteiger partial charge in [0, 0.05) is 0 Å². The summed E-state index contributed by atoms with van der Waals surface area (Å²) in [5, 5.41) is 2.19. The first-order valence-corrected chi connectivity index (χ1v) is 8.71. The summed E-state index contributed by atoms with van der Waals surface area (Å²) in [6.45, 7) is 4.11. The quantitative estimate of drug-likeness (QED) is 0.440. The highest BCUT2D eigenvalue weighted by Gasteiger charge is 2.37. The van der Waals surface area contributed by atoms with Crippen molar-refractivity contribution in [1.82, 2.24) is 5.32 Å². The molecule has 1 aliphatic heterocycles. The second-order valence-electron chi connectivity index (χ2n) is 5.85. The number of benzene rings is 1. The molecule has 0 unspecified atom stereocenters. The number of carbonyl (C=O) groups excluding carboxylic acids is 3. The van der Waals surface area contributed by atoms with Crippen LogP contribution >= 0.6 is 22.6 Å². The average Bonchev–Trinajstić information content (AvgIpc) is 2.97. The number of furan rings is 1. The lowest BCUT2D eigenvalue weighted by Gasteiger charge is -2.26. The zero-order chi connectivity index (χ0) is 18.1. The van der Waals surface area contributed by atoms with Crippen LogP contribution in [0.25, 0.3) is 6.08 Å². The number of barbiturate groups is 1. The zero-order valence-electron chi connectivity index (χ0n) is 13.6. The van der Waals surface area contributed by atoms with Gasteiger partial charge in [0.15, 0.2) is 3.77 Å². The van der Waals surface area contributed by atoms with E-state index in [2.05, 4.69) is 19.2 Å². The van der Waals surface area contributed by atoms with Gasteiger partial charge >= 0.3 is 6.03 Å². The summed E-state index contributed by atoms with van der Waals surface area (Å²) in [5.41, 5.74) is 1.34. The number of amides is 4. The van der Waals surface area contributed by atoms with Crippen molar-refractivity contribution in [1.29, 1.82) is 0 Å². The van der Waals surface area contributed by atoms with Gasteiger partial charge in [-0.25, -0.2) is 9.69 Å². The normalized spacial score (nSPS) is 16.7. The van der Waals surface area contributed by atoms with Gasteiger partial charge in [-0.2, -0.15) is 0 Å². The van der Waals surface area contributed by atoms with Gasteiger partial charge in [0.05, 0.1) is 5.69 Å². The molecule has 0 saturated carbocycles. The molecule has 25 heavy (non-hydrogen) atoms. The van der Waals surface area contributed by atoms with Crippen LogP contribution in [0, 0.1) is 3.77 Å². The monoisotopic (exact) mass is 450 g/mol. The molecule has 0 radical (unpaired) electrons. The average molecular weight is 450 g/mol. The van der Waals surface area contributed by atoms with Crippen LogP contribution in [0.2, 0.25) is 0 Å². The molecule has 2 heterocycles. The molecule has 1 N–H and O–H groups in total. The van der Waals surface area contributed by atoms with Crippen LogP contribution in [0.3, 0.4) is 0 Å². The van der Waals surface area contributed by atoms with E-state index >= 15 is 0 Å². The number of nitrogens with zero attached hydrogens (tertiary/aromatic N) is 1. The molecule has 7 heteroatoms. The summed E-state index contributed by atoms with van der Waals surface area (Å²) in [5.74, 6) is -0.723. The second-order valence-corrected chi connectivity index (χ2v) is 6.91. The lowest BCUT2D eigenvalue weighted by molar-refractivity contribution is -0.122. The topological polar surface area (TPSA) is 79.6 Å². The van der Waals surface area contributed by atoms with Gasteiger partial charge in [-0.3, -0.25) is 14.9 Å².